The van der Waals surface area contributed by atoms with Gasteiger partial charge in [0, 0.05) is 0 Å². The first kappa shape index (κ1) is 36.0. The summed E-state index contributed by atoms with van der Waals surface area (Å²) in [5.41, 5.74) is 10.9. The molecule has 0 aliphatic heterocycles. The number of halogens is 2. The topological polar surface area (TPSA) is 0 Å². The van der Waals surface area contributed by atoms with E-state index in [0.29, 0.717) is 5.92 Å². The zero-order valence-electron chi connectivity index (χ0n) is 25.7. The molecular formula is C38H40Cl2SiZr-2. The smallest absolute Gasteiger partial charge is 0.0276 e. The minimum Gasteiger partial charge on any atom is -1.00 e. The summed E-state index contributed by atoms with van der Waals surface area (Å²) in [4.78, 5) is 0. The van der Waals surface area contributed by atoms with Crippen molar-refractivity contribution in [2.45, 2.75) is 53.6 Å². The summed E-state index contributed by atoms with van der Waals surface area (Å²) in [5.74, 6) is 0.584. The van der Waals surface area contributed by atoms with Gasteiger partial charge in [0.15, 0.2) is 0 Å². The van der Waals surface area contributed by atoms with Crippen LogP contribution in [0.2, 0.25) is 13.1 Å². The standard InChI is InChI=1S/2C18H17.C2H6Si.2ClH.Zr/c1-12-5-4-6-15(9-12)16-8-7-14(3)17-10-13(2)11-18(16)17;1-13(2)16-11-15-9-6-10-17(18(15)12-16)14-7-4-3-5-8-14;1-3-2;;;/h4-11H,1-3H3;3-13H,1-2H3;1-2H3;2*1H;/q2*-1;;;;+2/p-2. The SMILES string of the molecule is CC(C)c1cc2c(-c3ccccc3)cccc2[cH-]1.C[Si](C)=[Zr+2].Cc1cccc(-c2ccc(C)c3[cH-]c(C)cc23)c1.[Cl-].[Cl-]. The van der Waals surface area contributed by atoms with Crippen LogP contribution < -0.4 is 24.8 Å². The van der Waals surface area contributed by atoms with Gasteiger partial charge >= 0.3 is 41.9 Å². The summed E-state index contributed by atoms with van der Waals surface area (Å²) in [5, 5.41) is 5.47. The molecule has 0 saturated carbocycles. The molecule has 0 atom stereocenters. The molecule has 0 aliphatic carbocycles. The van der Waals surface area contributed by atoms with E-state index in [4.69, 9.17) is 0 Å². The van der Waals surface area contributed by atoms with Crippen LogP contribution in [0.25, 0.3) is 43.8 Å². The van der Waals surface area contributed by atoms with E-state index >= 15 is 0 Å². The summed E-state index contributed by atoms with van der Waals surface area (Å²) >= 11 is 1.74. The summed E-state index contributed by atoms with van der Waals surface area (Å²) in [6, 6.07) is 39.6. The van der Waals surface area contributed by atoms with E-state index in [9.17, 15) is 0 Å². The quantitative estimate of drug-likeness (QED) is 0.176. The molecule has 6 aromatic rings. The zero-order chi connectivity index (χ0) is 28.8. The molecule has 6 rings (SSSR count). The van der Waals surface area contributed by atoms with Gasteiger partial charge in [-0.2, -0.15) is 12.1 Å². The predicted molar refractivity (Wildman–Crippen MR) is 176 cm³/mol. The van der Waals surface area contributed by atoms with Crippen molar-refractivity contribution in [1.29, 1.82) is 0 Å². The second kappa shape index (κ2) is 16.6. The van der Waals surface area contributed by atoms with E-state index < -0.39 is 0 Å². The first-order valence-corrected chi connectivity index (χ1v) is 20.3. The Balaban J connectivity index is 0.000000250. The molecule has 0 saturated heterocycles. The van der Waals surface area contributed by atoms with Gasteiger partial charge in [-0.15, -0.1) is 68.6 Å². The zero-order valence-corrected chi connectivity index (χ0v) is 30.7. The Bertz CT molecular complexity index is 1740. The van der Waals surface area contributed by atoms with Crippen LogP contribution >= 0.6 is 0 Å². The van der Waals surface area contributed by atoms with E-state index in [0.717, 1.165) is 0 Å². The van der Waals surface area contributed by atoms with Crippen molar-refractivity contribution in [1.82, 2.24) is 0 Å². The van der Waals surface area contributed by atoms with Crippen molar-refractivity contribution < 1.29 is 48.1 Å². The molecule has 42 heavy (non-hydrogen) atoms. The number of hydrogen-bond acceptors (Lipinski definition) is 0. The van der Waals surface area contributed by atoms with Crippen LogP contribution in [-0.2, 0) is 23.3 Å². The molecule has 0 fully saturated rings. The van der Waals surface area contributed by atoms with Crippen molar-refractivity contribution in [3.8, 4) is 22.3 Å². The normalized spacial score (nSPS) is 10.2. The van der Waals surface area contributed by atoms with E-state index in [1.54, 1.807) is 23.3 Å². The largest absolute Gasteiger partial charge is 1.00 e. The Kier molecular flexibility index (Phi) is 14.2. The molecule has 6 aromatic carbocycles. The van der Waals surface area contributed by atoms with Crippen LogP contribution in [0, 0.1) is 20.8 Å². The molecule has 0 radical (unpaired) electrons. The van der Waals surface area contributed by atoms with E-state index in [1.807, 2.05) is 0 Å². The van der Waals surface area contributed by atoms with E-state index in [-0.39, 0.29) is 30.2 Å². The van der Waals surface area contributed by atoms with Gasteiger partial charge < -0.3 is 24.8 Å². The first-order chi connectivity index (χ1) is 19.1. The summed E-state index contributed by atoms with van der Waals surface area (Å²) < 4.78 is 0. The molecule has 0 aliphatic rings. The Morgan fingerprint density at radius 2 is 1.26 bits per heavy atom. The van der Waals surface area contributed by atoms with Gasteiger partial charge in [-0.3, -0.25) is 0 Å². The van der Waals surface area contributed by atoms with E-state index in [2.05, 4.69) is 157 Å². The van der Waals surface area contributed by atoms with Crippen LogP contribution in [0.15, 0.2) is 109 Å². The van der Waals surface area contributed by atoms with Crippen molar-refractivity contribution in [2.24, 2.45) is 0 Å². The maximum atomic E-state index is 2.34. The fourth-order valence-corrected chi connectivity index (χ4v) is 5.11. The molecule has 216 valence electrons. The fraction of sp³-hybridized carbons (Fsp3) is 0.211. The van der Waals surface area contributed by atoms with Crippen LogP contribution in [0.4, 0.5) is 0 Å². The van der Waals surface area contributed by atoms with Gasteiger partial charge in [0.25, 0.3) is 0 Å². The molecule has 0 bridgehead atoms. The minimum absolute atomic E-state index is 0. The van der Waals surface area contributed by atoms with Gasteiger partial charge in [-0.25, -0.2) is 0 Å². The van der Waals surface area contributed by atoms with Crippen LogP contribution in [0.5, 0.6) is 0 Å². The van der Waals surface area contributed by atoms with Crippen molar-refractivity contribution >= 4 is 27.0 Å². The second-order valence-electron chi connectivity index (χ2n) is 11.3. The maximum absolute atomic E-state index is 2.34. The maximum Gasteiger partial charge on any atom is -0.0276 e. The van der Waals surface area contributed by atoms with E-state index in [1.165, 1.54) is 66.1 Å². The molecule has 4 heteroatoms. The van der Waals surface area contributed by atoms with Crippen molar-refractivity contribution in [3.05, 3.63) is 131 Å². The molecule has 0 spiro atoms. The molecule has 0 nitrogen and oxygen atoms in total. The van der Waals surface area contributed by atoms with Gasteiger partial charge in [0.1, 0.15) is 0 Å². The average Bonchev–Trinajstić information content (AvgIpc) is 3.54. The van der Waals surface area contributed by atoms with Gasteiger partial charge in [-0.1, -0.05) is 111 Å². The van der Waals surface area contributed by atoms with Gasteiger partial charge in [-0.05, 0) is 24.0 Å². The second-order valence-corrected chi connectivity index (χ2v) is 20.7. The number of aryl methyl sites for hydroxylation is 3. The van der Waals surface area contributed by atoms with Crippen molar-refractivity contribution in [3.63, 3.8) is 0 Å². The molecule has 0 amide bonds. The number of hydrogen-bond donors (Lipinski definition) is 0. The van der Waals surface area contributed by atoms with Crippen LogP contribution in [0.1, 0.15) is 42.0 Å². The molecular weight excluding hydrogens is 647 g/mol. The third-order valence-electron chi connectivity index (χ3n) is 7.10. The third-order valence-corrected chi connectivity index (χ3v) is 7.10. The minimum atomic E-state index is 0. The van der Waals surface area contributed by atoms with Gasteiger partial charge in [0.2, 0.25) is 0 Å². The third kappa shape index (κ3) is 9.14. The molecule has 0 N–H and O–H groups in total. The summed E-state index contributed by atoms with van der Waals surface area (Å²) in [6.45, 7) is 15.6. The van der Waals surface area contributed by atoms with Crippen LogP contribution in [0.3, 0.4) is 0 Å². The predicted octanol–water partition coefficient (Wildman–Crippen LogP) is 5.29. The molecule has 0 unspecified atom stereocenters. The molecule has 0 heterocycles. The number of benzene rings is 4. The van der Waals surface area contributed by atoms with Gasteiger partial charge in [0.05, 0.1) is 0 Å². The van der Waals surface area contributed by atoms with Crippen molar-refractivity contribution in [2.75, 3.05) is 0 Å². The van der Waals surface area contributed by atoms with Crippen LogP contribution in [-0.4, -0.2) is 5.43 Å². The summed E-state index contributed by atoms with van der Waals surface area (Å²) in [7, 11) is 0. The first-order valence-electron chi connectivity index (χ1n) is 14.1. The number of fused-ring (bicyclic) bond motifs is 2. The Morgan fingerprint density at radius 1 is 0.643 bits per heavy atom. The Morgan fingerprint density at radius 3 is 1.90 bits per heavy atom. The monoisotopic (exact) mass is 684 g/mol. The Labute approximate surface area is 280 Å². The Hall–Kier alpha value is -2.22. The number of rotatable bonds is 3. The average molecular weight is 687 g/mol. The summed E-state index contributed by atoms with van der Waals surface area (Å²) in [6.07, 6.45) is 0. The fourth-order valence-electron chi connectivity index (χ4n) is 5.11. The molecule has 0 aromatic heterocycles.